The van der Waals surface area contributed by atoms with Crippen LogP contribution in [0.3, 0.4) is 0 Å². The lowest BCUT2D eigenvalue weighted by atomic mass is 9.48. The van der Waals surface area contributed by atoms with Gasteiger partial charge in [-0.05, 0) is 61.7 Å². The molecule has 0 unspecified atom stereocenters. The predicted molar refractivity (Wildman–Crippen MR) is 114 cm³/mol. The second kappa shape index (κ2) is 7.93. The molecule has 0 radical (unpaired) electrons. The van der Waals surface area contributed by atoms with E-state index >= 15 is 0 Å². The molecule has 31 heavy (non-hydrogen) atoms. The smallest absolute Gasteiger partial charge is 0.303 e. The summed E-state index contributed by atoms with van der Waals surface area (Å²) in [6, 6.07) is 0. The maximum Gasteiger partial charge on any atom is 0.303 e. The molecule has 172 valence electrons. The zero-order valence-corrected chi connectivity index (χ0v) is 19.4. The van der Waals surface area contributed by atoms with Crippen LogP contribution in [0.2, 0.25) is 0 Å². The summed E-state index contributed by atoms with van der Waals surface area (Å²) in [6.45, 7) is 8.97. The number of esters is 3. The van der Waals surface area contributed by atoms with Crippen molar-refractivity contribution in [2.75, 3.05) is 0 Å². The third kappa shape index (κ3) is 3.80. The van der Waals surface area contributed by atoms with Crippen LogP contribution in [0, 0.1) is 28.6 Å². The lowest BCUT2D eigenvalue weighted by Gasteiger charge is -2.57. The van der Waals surface area contributed by atoms with E-state index in [0.717, 1.165) is 44.9 Å². The van der Waals surface area contributed by atoms with E-state index in [9.17, 15) is 14.4 Å². The Labute approximate surface area is 185 Å². The molecule has 0 aliphatic heterocycles. The fraction of sp³-hybridized carbons (Fsp3) is 0.800. The number of allylic oxidation sites excluding steroid dienone is 1. The minimum absolute atomic E-state index is 0.00425. The van der Waals surface area contributed by atoms with E-state index in [0.29, 0.717) is 17.8 Å². The molecule has 0 aromatic carbocycles. The number of carbonyl (C=O) groups is 3. The fourth-order valence-electron chi connectivity index (χ4n) is 7.62. The van der Waals surface area contributed by atoms with E-state index in [1.54, 1.807) is 0 Å². The minimum Gasteiger partial charge on any atom is -0.462 e. The van der Waals surface area contributed by atoms with Crippen molar-refractivity contribution in [1.29, 1.82) is 0 Å². The van der Waals surface area contributed by atoms with Gasteiger partial charge >= 0.3 is 17.9 Å². The Bertz CT molecular complexity index is 802. The van der Waals surface area contributed by atoms with Gasteiger partial charge in [0.2, 0.25) is 0 Å². The first-order chi connectivity index (χ1) is 14.5. The highest BCUT2D eigenvalue weighted by molar-refractivity contribution is 5.67. The van der Waals surface area contributed by atoms with Gasteiger partial charge in [-0.15, -0.1) is 0 Å². The van der Waals surface area contributed by atoms with E-state index < -0.39 is 0 Å². The van der Waals surface area contributed by atoms with E-state index in [2.05, 4.69) is 19.9 Å². The standard InChI is InChI=1S/C25H36O6/c1-14(26)29-18-8-10-24(4)17(12-18)6-7-19-20(24)9-11-25(5)21(19)13-22(30-15(2)27)23(25)31-16(3)28/h6,18-23H,7-13H2,1-5H3/t18-,19+,20-,21-,22+,23-,24-,25-/m0/s1. The van der Waals surface area contributed by atoms with Crippen LogP contribution in [-0.4, -0.2) is 36.2 Å². The molecule has 3 saturated carbocycles. The van der Waals surface area contributed by atoms with Crippen molar-refractivity contribution >= 4 is 17.9 Å². The van der Waals surface area contributed by atoms with Crippen LogP contribution in [-0.2, 0) is 28.6 Å². The fourth-order valence-corrected chi connectivity index (χ4v) is 7.62. The van der Waals surface area contributed by atoms with Gasteiger partial charge in [-0.1, -0.05) is 25.5 Å². The zero-order chi connectivity index (χ0) is 22.6. The summed E-state index contributed by atoms with van der Waals surface area (Å²) in [5.74, 6) is 0.556. The number of fused-ring (bicyclic) bond motifs is 5. The van der Waals surface area contributed by atoms with Gasteiger partial charge in [0.1, 0.15) is 18.3 Å². The molecule has 8 atom stereocenters. The third-order valence-corrected chi connectivity index (χ3v) is 8.91. The van der Waals surface area contributed by atoms with Gasteiger partial charge in [0.25, 0.3) is 0 Å². The number of ether oxygens (including phenoxy) is 3. The molecule has 0 spiro atoms. The number of hydrogen-bond donors (Lipinski definition) is 0. The molecule has 0 aromatic heterocycles. The molecule has 6 nitrogen and oxygen atoms in total. The highest BCUT2D eigenvalue weighted by atomic mass is 16.6. The van der Waals surface area contributed by atoms with Gasteiger partial charge in [-0.25, -0.2) is 0 Å². The van der Waals surface area contributed by atoms with Crippen LogP contribution in [0.1, 0.15) is 79.6 Å². The van der Waals surface area contributed by atoms with Gasteiger partial charge in [-0.2, -0.15) is 0 Å². The Morgan fingerprint density at radius 1 is 0.903 bits per heavy atom. The second-order valence-electron chi connectivity index (χ2n) is 10.7. The van der Waals surface area contributed by atoms with Crippen molar-refractivity contribution in [1.82, 2.24) is 0 Å². The van der Waals surface area contributed by atoms with Gasteiger partial charge in [0, 0.05) is 32.6 Å². The molecule has 3 fully saturated rings. The first-order valence-electron chi connectivity index (χ1n) is 11.8. The molecule has 4 rings (SSSR count). The lowest BCUT2D eigenvalue weighted by molar-refractivity contribution is -0.172. The van der Waals surface area contributed by atoms with E-state index in [-0.39, 0.29) is 47.0 Å². The zero-order valence-electron chi connectivity index (χ0n) is 19.4. The first kappa shape index (κ1) is 22.3. The molecule has 0 N–H and O–H groups in total. The average Bonchev–Trinajstić information content (AvgIpc) is 2.92. The van der Waals surface area contributed by atoms with Gasteiger partial charge in [-0.3, -0.25) is 14.4 Å². The van der Waals surface area contributed by atoms with Crippen LogP contribution in [0.25, 0.3) is 0 Å². The summed E-state index contributed by atoms with van der Waals surface area (Å²) in [6.07, 6.45) is 8.20. The van der Waals surface area contributed by atoms with Gasteiger partial charge in [0.15, 0.2) is 0 Å². The Morgan fingerprint density at radius 2 is 1.58 bits per heavy atom. The Balaban J connectivity index is 1.60. The van der Waals surface area contributed by atoms with Crippen LogP contribution < -0.4 is 0 Å². The molecule has 6 heteroatoms. The Kier molecular flexibility index (Phi) is 5.72. The maximum atomic E-state index is 11.9. The van der Waals surface area contributed by atoms with Crippen LogP contribution in [0.15, 0.2) is 11.6 Å². The van der Waals surface area contributed by atoms with Crippen molar-refractivity contribution < 1.29 is 28.6 Å². The van der Waals surface area contributed by atoms with Gasteiger partial charge in [0.05, 0.1) is 0 Å². The molecule has 4 aliphatic carbocycles. The largest absolute Gasteiger partial charge is 0.462 e. The molecule has 4 aliphatic rings. The van der Waals surface area contributed by atoms with Crippen LogP contribution in [0.5, 0.6) is 0 Å². The number of rotatable bonds is 3. The summed E-state index contributed by atoms with van der Waals surface area (Å²) in [5.41, 5.74) is 1.39. The molecular weight excluding hydrogens is 396 g/mol. The maximum absolute atomic E-state index is 11.9. The minimum atomic E-state index is -0.377. The summed E-state index contributed by atoms with van der Waals surface area (Å²) in [5, 5.41) is 0. The molecule has 0 heterocycles. The predicted octanol–water partition coefficient (Wildman–Crippen LogP) is 4.35. The summed E-state index contributed by atoms with van der Waals surface area (Å²) in [7, 11) is 0. The quantitative estimate of drug-likeness (QED) is 0.375. The molecule has 0 aromatic rings. The lowest BCUT2D eigenvalue weighted by Crippen LogP contribution is -2.52. The SMILES string of the molecule is CC(=O)O[C@H]1CC[C@@]2(C)C(=CC[C@H]3[C@@H]4C[C@@H](OC(C)=O)[C@H](OC(C)=O)[C@@]4(C)CC[C@@H]32)C1. The highest BCUT2D eigenvalue weighted by Gasteiger charge is 2.63. The van der Waals surface area contributed by atoms with Crippen molar-refractivity contribution in [2.24, 2.45) is 28.6 Å². The van der Waals surface area contributed by atoms with Gasteiger partial charge < -0.3 is 14.2 Å². The van der Waals surface area contributed by atoms with Crippen LogP contribution in [0.4, 0.5) is 0 Å². The molecule has 0 amide bonds. The van der Waals surface area contributed by atoms with E-state index in [1.165, 1.54) is 26.3 Å². The highest BCUT2D eigenvalue weighted by Crippen LogP contribution is 2.65. The normalized spacial score (nSPS) is 43.6. The molecule has 0 bridgehead atoms. The first-order valence-corrected chi connectivity index (χ1v) is 11.8. The molecular formula is C25H36O6. The van der Waals surface area contributed by atoms with Crippen LogP contribution >= 0.6 is 0 Å². The molecule has 0 saturated heterocycles. The van der Waals surface area contributed by atoms with Crippen molar-refractivity contribution in [3.05, 3.63) is 11.6 Å². The van der Waals surface area contributed by atoms with E-state index in [1.807, 2.05) is 0 Å². The Morgan fingerprint density at radius 3 is 2.23 bits per heavy atom. The average molecular weight is 433 g/mol. The summed E-state index contributed by atoms with van der Waals surface area (Å²) >= 11 is 0. The topological polar surface area (TPSA) is 78.9 Å². The van der Waals surface area contributed by atoms with Crippen molar-refractivity contribution in [2.45, 2.75) is 97.9 Å². The summed E-state index contributed by atoms with van der Waals surface area (Å²) in [4.78, 5) is 35.1. The van der Waals surface area contributed by atoms with Crippen molar-refractivity contribution in [3.8, 4) is 0 Å². The summed E-state index contributed by atoms with van der Waals surface area (Å²) < 4.78 is 17.0. The third-order valence-electron chi connectivity index (χ3n) is 8.91. The number of hydrogen-bond acceptors (Lipinski definition) is 6. The monoisotopic (exact) mass is 432 g/mol. The van der Waals surface area contributed by atoms with Crippen molar-refractivity contribution in [3.63, 3.8) is 0 Å². The Hall–Kier alpha value is -1.85. The second-order valence-corrected chi connectivity index (χ2v) is 10.7. The number of carbonyl (C=O) groups excluding carboxylic acids is 3. The van der Waals surface area contributed by atoms with E-state index in [4.69, 9.17) is 14.2 Å².